The minimum Gasteiger partial charge on any atom is -0.360 e. The number of nitrogens with zero attached hydrogens (tertiary/aromatic N) is 5. The van der Waals surface area contributed by atoms with E-state index in [2.05, 4.69) is 25.2 Å². The van der Waals surface area contributed by atoms with Crippen LogP contribution in [-0.2, 0) is 11.2 Å². The highest BCUT2D eigenvalue weighted by Crippen LogP contribution is 2.24. The van der Waals surface area contributed by atoms with Gasteiger partial charge in [0.1, 0.15) is 0 Å². The number of nitrogens with one attached hydrogen (secondary N) is 2. The van der Waals surface area contributed by atoms with Crippen molar-refractivity contribution in [1.82, 2.24) is 19.9 Å². The fourth-order valence-electron chi connectivity index (χ4n) is 4.21. The van der Waals surface area contributed by atoms with E-state index in [0.717, 1.165) is 5.56 Å². The van der Waals surface area contributed by atoms with Crippen LogP contribution in [0.3, 0.4) is 0 Å². The van der Waals surface area contributed by atoms with Gasteiger partial charge < -0.3 is 20.1 Å². The second-order valence-electron chi connectivity index (χ2n) is 8.43. The zero-order valence-corrected chi connectivity index (χ0v) is 19.3. The Bertz CT molecular complexity index is 1410. The number of nitro groups is 1. The molecule has 0 unspecified atom stereocenters. The third-order valence-corrected chi connectivity index (χ3v) is 6.16. The number of piperazine rings is 1. The Labute approximate surface area is 205 Å². The Hall–Kier alpha value is -4.80. The first-order valence-electron chi connectivity index (χ1n) is 11.4. The van der Waals surface area contributed by atoms with Gasteiger partial charge in [-0.05, 0) is 29.8 Å². The second kappa shape index (κ2) is 9.82. The number of benzene rings is 2. The molecule has 11 nitrogen and oxygen atoms in total. The van der Waals surface area contributed by atoms with E-state index < -0.39 is 4.92 Å². The van der Waals surface area contributed by atoms with Crippen molar-refractivity contribution >= 4 is 40.0 Å². The molecule has 0 spiro atoms. The molecule has 1 aliphatic heterocycles. The van der Waals surface area contributed by atoms with Crippen LogP contribution in [0, 0.1) is 10.1 Å². The van der Waals surface area contributed by atoms with Gasteiger partial charge in [-0.15, -0.1) is 0 Å². The molecule has 0 atom stereocenters. The number of anilines is 2. The van der Waals surface area contributed by atoms with E-state index in [1.54, 1.807) is 36.7 Å². The van der Waals surface area contributed by atoms with E-state index in [1.165, 1.54) is 18.3 Å². The Morgan fingerprint density at radius 3 is 2.44 bits per heavy atom. The fourth-order valence-corrected chi connectivity index (χ4v) is 4.21. The summed E-state index contributed by atoms with van der Waals surface area (Å²) in [6, 6.07) is 13.2. The highest BCUT2D eigenvalue weighted by molar-refractivity contribution is 6.13. The molecular weight excluding hydrogens is 462 g/mol. The minimum absolute atomic E-state index is 0.0424. The van der Waals surface area contributed by atoms with Crippen LogP contribution in [0.15, 0.2) is 67.1 Å². The van der Waals surface area contributed by atoms with E-state index in [1.807, 2.05) is 17.0 Å². The Balaban J connectivity index is 1.18. The minimum atomic E-state index is -0.494. The normalized spacial score (nSPS) is 13.6. The monoisotopic (exact) mass is 485 g/mol. The lowest BCUT2D eigenvalue weighted by atomic mass is 10.1. The van der Waals surface area contributed by atoms with E-state index in [-0.39, 0.29) is 23.9 Å². The summed E-state index contributed by atoms with van der Waals surface area (Å²) in [5.74, 6) is 0.333. The molecule has 5 rings (SSSR count). The second-order valence-corrected chi connectivity index (χ2v) is 8.43. The summed E-state index contributed by atoms with van der Waals surface area (Å²) in [7, 11) is 0. The maximum absolute atomic E-state index is 12.8. The van der Waals surface area contributed by atoms with Crippen LogP contribution in [-0.4, -0.2) is 62.8 Å². The van der Waals surface area contributed by atoms with Crippen molar-refractivity contribution in [2.45, 2.75) is 6.42 Å². The van der Waals surface area contributed by atoms with Crippen LogP contribution in [0.1, 0.15) is 15.9 Å². The molecule has 1 fully saturated rings. The maximum atomic E-state index is 12.8. The number of aromatic amines is 1. The van der Waals surface area contributed by atoms with Crippen molar-refractivity contribution in [2.24, 2.45) is 0 Å². The average molecular weight is 486 g/mol. The molecule has 11 heteroatoms. The van der Waals surface area contributed by atoms with Crippen molar-refractivity contribution < 1.29 is 14.5 Å². The molecule has 182 valence electrons. The molecule has 2 amide bonds. The molecule has 0 aliphatic carbocycles. The van der Waals surface area contributed by atoms with Crippen LogP contribution >= 0.6 is 0 Å². The summed E-state index contributed by atoms with van der Waals surface area (Å²) in [6.45, 7) is 2.57. The first kappa shape index (κ1) is 23.0. The maximum Gasteiger partial charge on any atom is 0.270 e. The highest BCUT2D eigenvalue weighted by Gasteiger charge is 2.22. The zero-order valence-electron chi connectivity index (χ0n) is 19.3. The lowest BCUT2D eigenvalue weighted by Crippen LogP contribution is -2.49. The van der Waals surface area contributed by atoms with Crippen molar-refractivity contribution in [2.75, 3.05) is 36.4 Å². The fraction of sp³-hybridized carbons (Fsp3) is 0.200. The summed E-state index contributed by atoms with van der Waals surface area (Å²) in [6.07, 6.45) is 5.21. The van der Waals surface area contributed by atoms with Gasteiger partial charge >= 0.3 is 0 Å². The number of fused-ring (bicyclic) bond motifs is 1. The molecule has 36 heavy (non-hydrogen) atoms. The van der Waals surface area contributed by atoms with Gasteiger partial charge in [0.25, 0.3) is 11.6 Å². The van der Waals surface area contributed by atoms with Crippen molar-refractivity contribution in [3.63, 3.8) is 0 Å². The summed E-state index contributed by atoms with van der Waals surface area (Å²) in [5.41, 5.74) is 2.27. The van der Waals surface area contributed by atoms with Crippen LogP contribution in [0.5, 0.6) is 0 Å². The third kappa shape index (κ3) is 4.85. The summed E-state index contributed by atoms with van der Waals surface area (Å²) in [4.78, 5) is 51.6. The molecule has 0 radical (unpaired) electrons. The molecule has 2 aromatic heterocycles. The summed E-state index contributed by atoms with van der Waals surface area (Å²) in [5, 5.41) is 14.4. The predicted octanol–water partition coefficient (Wildman–Crippen LogP) is 3.01. The van der Waals surface area contributed by atoms with E-state index in [9.17, 15) is 19.7 Å². The number of hydrogen-bond acceptors (Lipinski definition) is 7. The lowest BCUT2D eigenvalue weighted by molar-refractivity contribution is -0.384. The molecule has 1 saturated heterocycles. The van der Waals surface area contributed by atoms with Gasteiger partial charge in [-0.1, -0.05) is 12.1 Å². The van der Waals surface area contributed by atoms with E-state index in [0.29, 0.717) is 54.3 Å². The Morgan fingerprint density at radius 1 is 1.03 bits per heavy atom. The number of nitro benzene ring substituents is 1. The molecule has 1 aliphatic rings. The standard InChI is InChI=1S/C25H23N7O4/c33-23(30-10-12-31(13-11-30)25-26-8-1-9-27-25)14-17-2-4-18(5-3-17)29-24(34)21-16-28-22-7-6-19(32(35)36)15-20(21)22/h1-9,15-16,28H,10-14H2,(H,29,34). The predicted molar refractivity (Wildman–Crippen MR) is 134 cm³/mol. The Morgan fingerprint density at radius 2 is 1.75 bits per heavy atom. The van der Waals surface area contributed by atoms with Crippen LogP contribution in [0.4, 0.5) is 17.3 Å². The quantitative estimate of drug-likeness (QED) is 0.316. The van der Waals surface area contributed by atoms with Gasteiger partial charge in [-0.2, -0.15) is 0 Å². The largest absolute Gasteiger partial charge is 0.360 e. The van der Waals surface area contributed by atoms with Gasteiger partial charge in [0, 0.05) is 73.5 Å². The van der Waals surface area contributed by atoms with Crippen molar-refractivity contribution in [1.29, 1.82) is 0 Å². The van der Waals surface area contributed by atoms with Gasteiger partial charge in [-0.3, -0.25) is 19.7 Å². The molecule has 2 aromatic carbocycles. The van der Waals surface area contributed by atoms with E-state index >= 15 is 0 Å². The number of hydrogen-bond donors (Lipinski definition) is 2. The Kier molecular flexibility index (Phi) is 6.27. The zero-order chi connectivity index (χ0) is 25.1. The molecule has 0 bridgehead atoms. The summed E-state index contributed by atoms with van der Waals surface area (Å²) < 4.78 is 0. The van der Waals surface area contributed by atoms with Crippen molar-refractivity contribution in [3.05, 3.63) is 88.4 Å². The highest BCUT2D eigenvalue weighted by atomic mass is 16.6. The third-order valence-electron chi connectivity index (χ3n) is 6.16. The number of non-ortho nitro benzene ring substituents is 1. The topological polar surface area (TPSA) is 137 Å². The molecule has 3 heterocycles. The molecular formula is C25H23N7O4. The van der Waals surface area contributed by atoms with Crippen LogP contribution in [0.2, 0.25) is 0 Å². The molecule has 0 saturated carbocycles. The number of carbonyl (C=O) groups is 2. The number of rotatable bonds is 6. The molecule has 2 N–H and O–H groups in total. The number of aromatic nitrogens is 3. The van der Waals surface area contributed by atoms with Gasteiger partial charge in [0.15, 0.2) is 0 Å². The average Bonchev–Trinajstić information content (AvgIpc) is 3.34. The van der Waals surface area contributed by atoms with Gasteiger partial charge in [-0.25, -0.2) is 9.97 Å². The SMILES string of the molecule is O=C(Nc1ccc(CC(=O)N2CCN(c3ncccn3)CC2)cc1)c1c[nH]c2ccc([N+](=O)[O-])cc12. The number of H-pyrrole nitrogens is 1. The van der Waals surface area contributed by atoms with Gasteiger partial charge in [0.05, 0.1) is 16.9 Å². The van der Waals surface area contributed by atoms with Crippen LogP contribution in [0.25, 0.3) is 10.9 Å². The number of amides is 2. The van der Waals surface area contributed by atoms with E-state index in [4.69, 9.17) is 0 Å². The summed E-state index contributed by atoms with van der Waals surface area (Å²) >= 11 is 0. The van der Waals surface area contributed by atoms with Gasteiger partial charge in [0.2, 0.25) is 11.9 Å². The first-order chi connectivity index (χ1) is 17.5. The van der Waals surface area contributed by atoms with Crippen LogP contribution < -0.4 is 10.2 Å². The number of carbonyl (C=O) groups excluding carboxylic acids is 2. The molecule has 4 aromatic rings. The lowest BCUT2D eigenvalue weighted by Gasteiger charge is -2.34. The first-order valence-corrected chi connectivity index (χ1v) is 11.4. The smallest absolute Gasteiger partial charge is 0.270 e. The van der Waals surface area contributed by atoms with Crippen molar-refractivity contribution in [3.8, 4) is 0 Å².